The van der Waals surface area contributed by atoms with Crippen molar-refractivity contribution in [2.24, 2.45) is 0 Å². The standard InChI is InChI=1S/C64H108O6/c1-4-7-10-13-16-19-22-24-26-28-29-30-31-32-33-34-35-36-38-39-42-45-48-51-54-57-63(66)69-60-61(59-68-62(65)56-53-50-47-44-41-21-18-15-12-9-6-3)70-64(67)58-55-52-49-46-43-40-37-27-25-23-20-17-14-11-8-5-2/h7,10,16,19-20,23-24,26-27,29-30,32-33,35-37,61H,4-6,8-9,11-15,17-18,21-22,25,28,31,34,38-60H2,1-3H3/b10-7-,19-16-,23-20-,26-24-,30-29-,33-32-,36-35-,37-27-. The van der Waals surface area contributed by atoms with E-state index in [1.165, 1.54) is 96.3 Å². The molecule has 0 saturated carbocycles. The van der Waals surface area contributed by atoms with Crippen LogP contribution in [0.2, 0.25) is 0 Å². The van der Waals surface area contributed by atoms with Crippen LogP contribution < -0.4 is 0 Å². The number of hydrogen-bond acceptors (Lipinski definition) is 6. The van der Waals surface area contributed by atoms with Crippen LogP contribution in [-0.2, 0) is 28.6 Å². The fourth-order valence-electron chi connectivity index (χ4n) is 7.95. The zero-order chi connectivity index (χ0) is 50.7. The van der Waals surface area contributed by atoms with Crippen molar-refractivity contribution in [2.45, 2.75) is 277 Å². The number of allylic oxidation sites excluding steroid dienone is 16. The predicted octanol–water partition coefficient (Wildman–Crippen LogP) is 19.7. The van der Waals surface area contributed by atoms with Crippen LogP contribution in [0.1, 0.15) is 271 Å². The molecule has 0 fully saturated rings. The molecule has 0 aromatic rings. The summed E-state index contributed by atoms with van der Waals surface area (Å²) in [5.74, 6) is -0.913. The molecule has 1 atom stereocenters. The number of esters is 3. The maximum Gasteiger partial charge on any atom is 0.306 e. The number of rotatable bonds is 52. The molecule has 0 radical (unpaired) electrons. The van der Waals surface area contributed by atoms with E-state index in [0.717, 1.165) is 135 Å². The van der Waals surface area contributed by atoms with Gasteiger partial charge in [-0.15, -0.1) is 0 Å². The van der Waals surface area contributed by atoms with Gasteiger partial charge in [0.1, 0.15) is 13.2 Å². The molecule has 0 aromatic heterocycles. The minimum absolute atomic E-state index is 0.0866. The first-order valence-electron chi connectivity index (χ1n) is 29.2. The van der Waals surface area contributed by atoms with Crippen LogP contribution in [0.25, 0.3) is 0 Å². The Balaban J connectivity index is 4.36. The fourth-order valence-corrected chi connectivity index (χ4v) is 7.95. The quantitative estimate of drug-likeness (QED) is 0.0262. The first-order chi connectivity index (χ1) is 34.5. The molecule has 0 amide bonds. The Morgan fingerprint density at radius 2 is 0.557 bits per heavy atom. The Morgan fingerprint density at radius 3 is 0.886 bits per heavy atom. The summed E-state index contributed by atoms with van der Waals surface area (Å²) in [4.78, 5) is 38.1. The van der Waals surface area contributed by atoms with Crippen LogP contribution in [-0.4, -0.2) is 37.2 Å². The van der Waals surface area contributed by atoms with E-state index in [4.69, 9.17) is 14.2 Å². The molecule has 0 aliphatic heterocycles. The molecule has 1 unspecified atom stereocenters. The van der Waals surface area contributed by atoms with Crippen LogP contribution in [0, 0.1) is 0 Å². The average molecular weight is 974 g/mol. The van der Waals surface area contributed by atoms with E-state index in [0.29, 0.717) is 19.3 Å². The van der Waals surface area contributed by atoms with Crippen molar-refractivity contribution >= 4 is 17.9 Å². The van der Waals surface area contributed by atoms with E-state index < -0.39 is 6.10 Å². The number of ether oxygens (including phenoxy) is 3. The van der Waals surface area contributed by atoms with Gasteiger partial charge in [0.2, 0.25) is 0 Å². The van der Waals surface area contributed by atoms with E-state index in [1.54, 1.807) is 0 Å². The maximum absolute atomic E-state index is 12.8. The van der Waals surface area contributed by atoms with Crippen molar-refractivity contribution in [3.05, 3.63) is 97.2 Å². The highest BCUT2D eigenvalue weighted by Gasteiger charge is 2.19. The van der Waals surface area contributed by atoms with Crippen LogP contribution in [0.4, 0.5) is 0 Å². The molecule has 6 nitrogen and oxygen atoms in total. The van der Waals surface area contributed by atoms with Crippen molar-refractivity contribution in [2.75, 3.05) is 13.2 Å². The van der Waals surface area contributed by atoms with Gasteiger partial charge in [0.15, 0.2) is 6.10 Å². The van der Waals surface area contributed by atoms with Crippen molar-refractivity contribution in [1.82, 2.24) is 0 Å². The van der Waals surface area contributed by atoms with Gasteiger partial charge in [0, 0.05) is 19.3 Å². The second-order valence-corrected chi connectivity index (χ2v) is 19.2. The van der Waals surface area contributed by atoms with Crippen LogP contribution in [0.5, 0.6) is 0 Å². The Labute approximate surface area is 432 Å². The molecule has 6 heteroatoms. The first-order valence-corrected chi connectivity index (χ1v) is 29.2. The van der Waals surface area contributed by atoms with E-state index >= 15 is 0 Å². The zero-order valence-corrected chi connectivity index (χ0v) is 45.8. The number of carbonyl (C=O) groups is 3. The highest BCUT2D eigenvalue weighted by atomic mass is 16.6. The van der Waals surface area contributed by atoms with E-state index in [1.807, 2.05) is 0 Å². The molecule has 0 spiro atoms. The van der Waals surface area contributed by atoms with E-state index in [2.05, 4.69) is 118 Å². The molecule has 0 aromatic carbocycles. The Bertz CT molecular complexity index is 1400. The van der Waals surface area contributed by atoms with Crippen molar-refractivity contribution in [3.63, 3.8) is 0 Å². The minimum atomic E-state index is -0.790. The molecule has 0 aliphatic carbocycles. The van der Waals surface area contributed by atoms with Gasteiger partial charge in [-0.3, -0.25) is 14.4 Å². The summed E-state index contributed by atoms with van der Waals surface area (Å²) in [5, 5.41) is 0. The normalized spacial score (nSPS) is 12.8. The van der Waals surface area contributed by atoms with Gasteiger partial charge in [-0.2, -0.15) is 0 Å². The summed E-state index contributed by atoms with van der Waals surface area (Å²) >= 11 is 0. The highest BCUT2D eigenvalue weighted by molar-refractivity contribution is 5.71. The van der Waals surface area contributed by atoms with E-state index in [-0.39, 0.29) is 31.1 Å². The van der Waals surface area contributed by atoms with Crippen LogP contribution >= 0.6 is 0 Å². The average Bonchev–Trinajstić information content (AvgIpc) is 3.36. The molecule has 0 N–H and O–H groups in total. The lowest BCUT2D eigenvalue weighted by molar-refractivity contribution is -0.167. The second-order valence-electron chi connectivity index (χ2n) is 19.2. The van der Waals surface area contributed by atoms with Gasteiger partial charge in [0.05, 0.1) is 0 Å². The zero-order valence-electron chi connectivity index (χ0n) is 45.8. The summed E-state index contributed by atoms with van der Waals surface area (Å²) in [6.45, 7) is 6.48. The van der Waals surface area contributed by atoms with Gasteiger partial charge in [-0.25, -0.2) is 0 Å². The Kier molecular flexibility index (Phi) is 54.9. The Hall–Kier alpha value is -3.67. The highest BCUT2D eigenvalue weighted by Crippen LogP contribution is 2.15. The summed E-state index contributed by atoms with van der Waals surface area (Å²) in [7, 11) is 0. The smallest absolute Gasteiger partial charge is 0.306 e. The molecule has 0 heterocycles. The third-order valence-corrected chi connectivity index (χ3v) is 12.3. The molecule has 0 saturated heterocycles. The lowest BCUT2D eigenvalue weighted by Gasteiger charge is -2.18. The topological polar surface area (TPSA) is 78.9 Å². The summed E-state index contributed by atoms with van der Waals surface area (Å²) in [6, 6.07) is 0. The van der Waals surface area contributed by atoms with Gasteiger partial charge in [-0.05, 0) is 103 Å². The molecule has 400 valence electrons. The van der Waals surface area contributed by atoms with Gasteiger partial charge in [0.25, 0.3) is 0 Å². The molecular formula is C64H108O6. The van der Waals surface area contributed by atoms with Crippen LogP contribution in [0.15, 0.2) is 97.2 Å². The van der Waals surface area contributed by atoms with Crippen molar-refractivity contribution < 1.29 is 28.6 Å². The molecule has 0 bridgehead atoms. The van der Waals surface area contributed by atoms with Crippen molar-refractivity contribution in [1.29, 1.82) is 0 Å². The molecule has 70 heavy (non-hydrogen) atoms. The summed E-state index contributed by atoms with van der Waals surface area (Å²) in [6.07, 6.45) is 76.8. The number of carbonyl (C=O) groups excluding carboxylic acids is 3. The lowest BCUT2D eigenvalue weighted by Crippen LogP contribution is -2.30. The summed E-state index contributed by atoms with van der Waals surface area (Å²) in [5.41, 5.74) is 0. The first kappa shape index (κ1) is 66.3. The second kappa shape index (κ2) is 57.9. The van der Waals surface area contributed by atoms with E-state index in [9.17, 15) is 14.4 Å². The molecule has 0 rings (SSSR count). The van der Waals surface area contributed by atoms with Crippen LogP contribution in [0.3, 0.4) is 0 Å². The van der Waals surface area contributed by atoms with Crippen molar-refractivity contribution in [3.8, 4) is 0 Å². The fraction of sp³-hybridized carbons (Fsp3) is 0.703. The predicted molar refractivity (Wildman–Crippen MR) is 302 cm³/mol. The maximum atomic E-state index is 12.8. The third-order valence-electron chi connectivity index (χ3n) is 12.3. The van der Waals surface area contributed by atoms with Gasteiger partial charge < -0.3 is 14.2 Å². The Morgan fingerprint density at radius 1 is 0.300 bits per heavy atom. The molecule has 0 aliphatic rings. The lowest BCUT2D eigenvalue weighted by atomic mass is 10.1. The third kappa shape index (κ3) is 55.3. The SMILES string of the molecule is CC/C=C\C/C=C\C/C=C\C/C=C\C/C=C\C/C=C\CCCCCCCCC(=O)OCC(COC(=O)CCCCCCCCCCCCC)OC(=O)CCCCCCC/C=C\C/C=C\CCCCCC. The largest absolute Gasteiger partial charge is 0.462 e. The van der Waals surface area contributed by atoms with Gasteiger partial charge >= 0.3 is 17.9 Å². The monoisotopic (exact) mass is 973 g/mol. The minimum Gasteiger partial charge on any atom is -0.462 e. The van der Waals surface area contributed by atoms with Gasteiger partial charge in [-0.1, -0.05) is 246 Å². The summed E-state index contributed by atoms with van der Waals surface area (Å²) < 4.78 is 16.8. The number of unbranched alkanes of at least 4 members (excludes halogenated alkanes) is 25. The molecular weight excluding hydrogens is 865 g/mol. The number of hydrogen-bond donors (Lipinski definition) is 0.